The molecule has 0 atom stereocenters. The van der Waals surface area contributed by atoms with Crippen LogP contribution in [0.3, 0.4) is 0 Å². The Morgan fingerprint density at radius 3 is 2.44 bits per heavy atom. The van der Waals surface area contributed by atoms with Gasteiger partial charge in [-0.1, -0.05) is 54.6 Å². The Bertz CT molecular complexity index is 1070. The lowest BCUT2D eigenvalue weighted by molar-refractivity contribution is 0.412. The fraction of sp³-hybridized carbons (Fsp3) is 0.125. The first-order chi connectivity index (χ1) is 13.2. The smallest absolute Gasteiger partial charge is 0.121 e. The first kappa shape index (κ1) is 17.1. The molecular weight excluding hydrogens is 332 g/mol. The van der Waals surface area contributed by atoms with Gasteiger partial charge in [0, 0.05) is 23.5 Å². The zero-order chi connectivity index (χ0) is 18.6. The topological polar surface area (TPSA) is 34.1 Å². The number of methoxy groups -OCH3 is 1. The molecular formula is C24H22N2O. The molecule has 0 spiro atoms. The lowest BCUT2D eigenvalue weighted by Crippen LogP contribution is -2.00. The lowest BCUT2D eigenvalue weighted by Gasteiger charge is -2.11. The lowest BCUT2D eigenvalue weighted by atomic mass is 10.0. The van der Waals surface area contributed by atoms with Gasteiger partial charge in [-0.2, -0.15) is 0 Å². The number of nitrogens with zero attached hydrogens (tertiary/aromatic N) is 1. The largest absolute Gasteiger partial charge is 0.496 e. The zero-order valence-electron chi connectivity index (χ0n) is 15.6. The molecule has 134 valence electrons. The van der Waals surface area contributed by atoms with Crippen LogP contribution in [0.25, 0.3) is 21.9 Å². The van der Waals surface area contributed by atoms with Crippen LogP contribution in [0.2, 0.25) is 0 Å². The van der Waals surface area contributed by atoms with Crippen LogP contribution in [0.4, 0.5) is 5.69 Å². The molecule has 3 heteroatoms. The number of hydrogen-bond donors (Lipinski definition) is 1. The van der Waals surface area contributed by atoms with Crippen molar-refractivity contribution in [2.24, 2.45) is 0 Å². The van der Waals surface area contributed by atoms with E-state index in [-0.39, 0.29) is 0 Å². The van der Waals surface area contributed by atoms with Crippen LogP contribution in [0.1, 0.15) is 11.1 Å². The molecule has 1 aromatic heterocycles. The van der Waals surface area contributed by atoms with Gasteiger partial charge < -0.3 is 10.1 Å². The van der Waals surface area contributed by atoms with Gasteiger partial charge in [0.05, 0.1) is 19.0 Å². The van der Waals surface area contributed by atoms with Crippen molar-refractivity contribution in [2.75, 3.05) is 12.4 Å². The summed E-state index contributed by atoms with van der Waals surface area (Å²) in [7, 11) is 1.70. The van der Waals surface area contributed by atoms with E-state index < -0.39 is 0 Å². The van der Waals surface area contributed by atoms with Gasteiger partial charge in [0.15, 0.2) is 0 Å². The molecule has 0 saturated carbocycles. The molecule has 0 aliphatic rings. The van der Waals surface area contributed by atoms with E-state index in [1.807, 2.05) is 24.5 Å². The Morgan fingerprint density at radius 2 is 1.67 bits per heavy atom. The Morgan fingerprint density at radius 1 is 0.889 bits per heavy atom. The van der Waals surface area contributed by atoms with Crippen molar-refractivity contribution in [1.29, 1.82) is 0 Å². The van der Waals surface area contributed by atoms with E-state index in [2.05, 4.69) is 71.8 Å². The molecule has 1 N–H and O–H groups in total. The molecule has 0 aliphatic carbocycles. The summed E-state index contributed by atoms with van der Waals surface area (Å²) in [6.07, 6.45) is 3.78. The van der Waals surface area contributed by atoms with Crippen LogP contribution in [0.5, 0.6) is 5.75 Å². The van der Waals surface area contributed by atoms with Gasteiger partial charge in [-0.3, -0.25) is 4.98 Å². The second-order valence-electron chi connectivity index (χ2n) is 6.64. The summed E-state index contributed by atoms with van der Waals surface area (Å²) in [5.74, 6) is 0.920. The summed E-state index contributed by atoms with van der Waals surface area (Å²) in [4.78, 5) is 4.33. The van der Waals surface area contributed by atoms with E-state index in [0.717, 1.165) is 28.9 Å². The number of benzene rings is 3. The zero-order valence-corrected chi connectivity index (χ0v) is 15.6. The van der Waals surface area contributed by atoms with Crippen LogP contribution in [0.15, 0.2) is 79.1 Å². The Labute approximate surface area is 159 Å². The van der Waals surface area contributed by atoms with Crippen LogP contribution < -0.4 is 10.1 Å². The molecule has 3 nitrogen and oxygen atoms in total. The third kappa shape index (κ3) is 3.63. The van der Waals surface area contributed by atoms with Gasteiger partial charge in [0.1, 0.15) is 5.75 Å². The summed E-state index contributed by atoms with van der Waals surface area (Å²) in [6.45, 7) is 2.83. The van der Waals surface area contributed by atoms with Crippen molar-refractivity contribution in [3.63, 3.8) is 0 Å². The number of pyridine rings is 1. The van der Waals surface area contributed by atoms with Crippen LogP contribution in [-0.2, 0) is 6.54 Å². The quantitative estimate of drug-likeness (QED) is 0.489. The standard InChI is InChI=1S/C24H22N2O/c1-17-13-20(11-12-24(17)27-2)19-9-7-18(8-10-19)14-26-23-16-25-15-21-5-3-4-6-22(21)23/h3-13,15-16,26H,14H2,1-2H3. The summed E-state index contributed by atoms with van der Waals surface area (Å²) >= 11 is 0. The number of fused-ring (bicyclic) bond motifs is 1. The molecule has 3 aromatic carbocycles. The third-order valence-corrected chi connectivity index (χ3v) is 4.83. The molecule has 4 rings (SSSR count). The minimum absolute atomic E-state index is 0.762. The highest BCUT2D eigenvalue weighted by Crippen LogP contribution is 2.27. The van der Waals surface area contributed by atoms with Crippen molar-refractivity contribution >= 4 is 16.5 Å². The highest BCUT2D eigenvalue weighted by molar-refractivity contribution is 5.92. The SMILES string of the molecule is COc1ccc(-c2ccc(CNc3cncc4ccccc34)cc2)cc1C. The molecule has 4 aromatic rings. The highest BCUT2D eigenvalue weighted by atomic mass is 16.5. The van der Waals surface area contributed by atoms with Crippen molar-refractivity contribution in [2.45, 2.75) is 13.5 Å². The average Bonchev–Trinajstić information content (AvgIpc) is 2.72. The number of nitrogens with one attached hydrogen (secondary N) is 1. The number of aryl methyl sites for hydroxylation is 1. The predicted octanol–water partition coefficient (Wildman–Crippen LogP) is 5.83. The van der Waals surface area contributed by atoms with Gasteiger partial charge in [-0.25, -0.2) is 0 Å². The van der Waals surface area contributed by atoms with Gasteiger partial charge >= 0.3 is 0 Å². The van der Waals surface area contributed by atoms with E-state index in [9.17, 15) is 0 Å². The summed E-state index contributed by atoms with van der Waals surface area (Å²) in [5.41, 5.74) is 5.84. The van der Waals surface area contributed by atoms with E-state index >= 15 is 0 Å². The third-order valence-electron chi connectivity index (χ3n) is 4.83. The number of rotatable bonds is 5. The molecule has 0 radical (unpaired) electrons. The van der Waals surface area contributed by atoms with Gasteiger partial charge in [-0.05, 0) is 41.3 Å². The molecule has 1 heterocycles. The van der Waals surface area contributed by atoms with Gasteiger partial charge in [-0.15, -0.1) is 0 Å². The molecule has 0 unspecified atom stereocenters. The second-order valence-corrected chi connectivity index (χ2v) is 6.64. The second kappa shape index (κ2) is 7.50. The maximum atomic E-state index is 5.35. The molecule has 0 fully saturated rings. The van der Waals surface area contributed by atoms with Gasteiger partial charge in [0.25, 0.3) is 0 Å². The number of anilines is 1. The highest BCUT2D eigenvalue weighted by Gasteiger charge is 2.04. The van der Waals surface area contributed by atoms with Crippen molar-refractivity contribution in [3.8, 4) is 16.9 Å². The van der Waals surface area contributed by atoms with E-state index in [4.69, 9.17) is 4.74 Å². The maximum absolute atomic E-state index is 5.35. The first-order valence-corrected chi connectivity index (χ1v) is 9.05. The molecule has 0 saturated heterocycles. The number of hydrogen-bond acceptors (Lipinski definition) is 3. The van der Waals surface area contributed by atoms with Crippen molar-refractivity contribution in [3.05, 3.63) is 90.3 Å². The van der Waals surface area contributed by atoms with Crippen molar-refractivity contribution < 1.29 is 4.74 Å². The number of aromatic nitrogens is 1. The Kier molecular flexibility index (Phi) is 4.75. The molecule has 0 amide bonds. The Balaban J connectivity index is 1.50. The first-order valence-electron chi connectivity index (χ1n) is 9.05. The maximum Gasteiger partial charge on any atom is 0.121 e. The van der Waals surface area contributed by atoms with Gasteiger partial charge in [0.2, 0.25) is 0 Å². The molecule has 0 aliphatic heterocycles. The fourth-order valence-corrected chi connectivity index (χ4v) is 3.33. The summed E-state index contributed by atoms with van der Waals surface area (Å²) < 4.78 is 5.35. The monoisotopic (exact) mass is 354 g/mol. The normalized spacial score (nSPS) is 10.7. The number of ether oxygens (including phenoxy) is 1. The van der Waals surface area contributed by atoms with E-state index in [1.54, 1.807) is 7.11 Å². The van der Waals surface area contributed by atoms with E-state index in [1.165, 1.54) is 22.1 Å². The Hall–Kier alpha value is -3.33. The molecule has 0 bridgehead atoms. The van der Waals surface area contributed by atoms with Crippen LogP contribution in [-0.4, -0.2) is 12.1 Å². The fourth-order valence-electron chi connectivity index (χ4n) is 3.33. The van der Waals surface area contributed by atoms with E-state index in [0.29, 0.717) is 0 Å². The van der Waals surface area contributed by atoms with Crippen LogP contribution in [0, 0.1) is 6.92 Å². The average molecular weight is 354 g/mol. The molecule has 27 heavy (non-hydrogen) atoms. The summed E-state index contributed by atoms with van der Waals surface area (Å²) in [5, 5.41) is 5.85. The minimum Gasteiger partial charge on any atom is -0.496 e. The summed E-state index contributed by atoms with van der Waals surface area (Å²) in [6, 6.07) is 23.2. The predicted molar refractivity (Wildman–Crippen MR) is 112 cm³/mol. The minimum atomic E-state index is 0.762. The van der Waals surface area contributed by atoms with Crippen molar-refractivity contribution in [1.82, 2.24) is 4.98 Å². The van der Waals surface area contributed by atoms with Crippen LogP contribution >= 0.6 is 0 Å².